The molecule has 134 valence electrons. The highest BCUT2D eigenvalue weighted by molar-refractivity contribution is 5.94. The maximum Gasteiger partial charge on any atom is 0.253 e. The summed E-state index contributed by atoms with van der Waals surface area (Å²) in [6.07, 6.45) is -0.479. The lowest BCUT2D eigenvalue weighted by Gasteiger charge is -2.20. The second kappa shape index (κ2) is 7.29. The quantitative estimate of drug-likeness (QED) is 0.593. The first kappa shape index (κ1) is 16.8. The number of para-hydroxylation sites is 1. The summed E-state index contributed by atoms with van der Waals surface area (Å²) >= 11 is 0. The van der Waals surface area contributed by atoms with E-state index in [4.69, 9.17) is 4.74 Å². The van der Waals surface area contributed by atoms with Crippen molar-refractivity contribution in [1.29, 1.82) is 0 Å². The van der Waals surface area contributed by atoms with Gasteiger partial charge >= 0.3 is 0 Å². The molecule has 1 amide bonds. The van der Waals surface area contributed by atoms with Crippen molar-refractivity contribution in [2.75, 3.05) is 7.11 Å². The molecule has 1 atom stereocenters. The second-order valence-electron chi connectivity index (χ2n) is 6.04. The van der Waals surface area contributed by atoms with E-state index in [1.165, 1.54) is 0 Å². The summed E-state index contributed by atoms with van der Waals surface area (Å²) in [5.74, 6) is 0.500. The summed E-state index contributed by atoms with van der Waals surface area (Å²) in [5, 5.41) is 11.6. The Morgan fingerprint density at radius 1 is 0.963 bits per heavy atom. The molecule has 0 fully saturated rings. The molecule has 0 aliphatic carbocycles. The van der Waals surface area contributed by atoms with E-state index in [0.717, 1.165) is 16.6 Å². The summed E-state index contributed by atoms with van der Waals surface area (Å²) in [7, 11) is 1.59. The number of rotatable bonds is 5. The Morgan fingerprint density at radius 2 is 1.67 bits per heavy atom. The van der Waals surface area contributed by atoms with Gasteiger partial charge in [0.05, 0.1) is 12.6 Å². The number of carbonyl (C=O) groups is 1. The van der Waals surface area contributed by atoms with Crippen LogP contribution in [-0.4, -0.2) is 28.0 Å². The SMILES string of the molecule is COc1ccc(C(=O)N[C@H](c2ccccc2)n2nnc3ccccc32)cc1. The highest BCUT2D eigenvalue weighted by atomic mass is 16.5. The monoisotopic (exact) mass is 358 g/mol. The van der Waals surface area contributed by atoms with E-state index in [2.05, 4.69) is 15.6 Å². The Kier molecular flexibility index (Phi) is 4.53. The molecule has 0 aliphatic rings. The van der Waals surface area contributed by atoms with E-state index in [1.807, 2.05) is 54.6 Å². The Hall–Kier alpha value is -3.67. The van der Waals surface area contributed by atoms with E-state index in [-0.39, 0.29) is 5.91 Å². The average molecular weight is 358 g/mol. The van der Waals surface area contributed by atoms with Gasteiger partial charge in [-0.1, -0.05) is 47.7 Å². The van der Waals surface area contributed by atoms with Crippen LogP contribution in [0.4, 0.5) is 0 Å². The number of aromatic nitrogens is 3. The van der Waals surface area contributed by atoms with E-state index in [9.17, 15) is 4.79 Å². The van der Waals surface area contributed by atoms with Gasteiger partial charge in [-0.3, -0.25) is 4.79 Å². The highest BCUT2D eigenvalue weighted by Crippen LogP contribution is 2.21. The first-order valence-electron chi connectivity index (χ1n) is 8.56. The van der Waals surface area contributed by atoms with Gasteiger partial charge in [-0.25, -0.2) is 4.68 Å². The standard InChI is InChI=1S/C21H18N4O2/c1-27-17-13-11-16(12-14-17)21(26)22-20(15-7-3-2-4-8-15)25-19-10-6-5-9-18(19)23-24-25/h2-14,20H,1H3,(H,22,26)/t20-/m0/s1. The maximum absolute atomic E-state index is 12.8. The molecule has 1 aromatic heterocycles. The normalized spacial score (nSPS) is 11.9. The Balaban J connectivity index is 1.71. The lowest BCUT2D eigenvalue weighted by Crippen LogP contribution is -2.33. The third kappa shape index (κ3) is 3.37. The zero-order chi connectivity index (χ0) is 18.6. The maximum atomic E-state index is 12.8. The van der Waals surface area contributed by atoms with Crippen molar-refractivity contribution in [3.63, 3.8) is 0 Å². The van der Waals surface area contributed by atoms with Crippen molar-refractivity contribution >= 4 is 16.9 Å². The molecule has 0 radical (unpaired) electrons. The minimum absolute atomic E-state index is 0.203. The van der Waals surface area contributed by atoms with Gasteiger partial charge < -0.3 is 10.1 Å². The van der Waals surface area contributed by atoms with Crippen molar-refractivity contribution < 1.29 is 9.53 Å². The number of carbonyl (C=O) groups excluding carboxylic acids is 1. The molecule has 4 rings (SSSR count). The van der Waals surface area contributed by atoms with Crippen molar-refractivity contribution in [1.82, 2.24) is 20.3 Å². The molecule has 1 heterocycles. The van der Waals surface area contributed by atoms with E-state index < -0.39 is 6.17 Å². The lowest BCUT2D eigenvalue weighted by atomic mass is 10.1. The van der Waals surface area contributed by atoms with Gasteiger partial charge in [-0.2, -0.15) is 0 Å². The fourth-order valence-electron chi connectivity index (χ4n) is 2.95. The van der Waals surface area contributed by atoms with Gasteiger partial charge in [-0.15, -0.1) is 5.10 Å². The minimum atomic E-state index is -0.479. The first-order chi connectivity index (χ1) is 13.3. The number of nitrogens with one attached hydrogen (secondary N) is 1. The zero-order valence-corrected chi connectivity index (χ0v) is 14.7. The Bertz CT molecular complexity index is 1060. The second-order valence-corrected chi connectivity index (χ2v) is 6.04. The molecule has 0 saturated carbocycles. The molecule has 0 bridgehead atoms. The first-order valence-corrected chi connectivity index (χ1v) is 8.56. The number of hydrogen-bond acceptors (Lipinski definition) is 4. The van der Waals surface area contributed by atoms with E-state index in [0.29, 0.717) is 11.3 Å². The molecule has 0 spiro atoms. The van der Waals surface area contributed by atoms with Crippen LogP contribution in [0.1, 0.15) is 22.1 Å². The lowest BCUT2D eigenvalue weighted by molar-refractivity contribution is 0.0927. The van der Waals surface area contributed by atoms with Gasteiger partial charge in [0.1, 0.15) is 11.3 Å². The van der Waals surface area contributed by atoms with Crippen molar-refractivity contribution in [3.05, 3.63) is 90.0 Å². The topological polar surface area (TPSA) is 69.0 Å². The fourth-order valence-corrected chi connectivity index (χ4v) is 2.95. The summed E-state index contributed by atoms with van der Waals surface area (Å²) in [6, 6.07) is 24.4. The summed E-state index contributed by atoms with van der Waals surface area (Å²) in [5.41, 5.74) is 3.08. The van der Waals surface area contributed by atoms with Crippen LogP contribution in [-0.2, 0) is 0 Å². The molecular weight excluding hydrogens is 340 g/mol. The van der Waals surface area contributed by atoms with Crippen LogP contribution in [0.25, 0.3) is 11.0 Å². The zero-order valence-electron chi connectivity index (χ0n) is 14.7. The van der Waals surface area contributed by atoms with Crippen LogP contribution in [0.15, 0.2) is 78.9 Å². The smallest absolute Gasteiger partial charge is 0.253 e. The molecule has 1 N–H and O–H groups in total. The Labute approximate surface area is 156 Å². The molecule has 27 heavy (non-hydrogen) atoms. The third-order valence-corrected chi connectivity index (χ3v) is 4.36. The van der Waals surface area contributed by atoms with Gasteiger partial charge in [-0.05, 0) is 42.0 Å². The molecule has 4 aromatic rings. The van der Waals surface area contributed by atoms with Crippen molar-refractivity contribution in [2.24, 2.45) is 0 Å². The van der Waals surface area contributed by atoms with Crippen LogP contribution in [0, 0.1) is 0 Å². The molecule has 0 unspecified atom stereocenters. The van der Waals surface area contributed by atoms with E-state index >= 15 is 0 Å². The molecule has 0 saturated heterocycles. The predicted molar refractivity (Wildman–Crippen MR) is 103 cm³/mol. The summed E-state index contributed by atoms with van der Waals surface area (Å²) in [6.45, 7) is 0. The number of ether oxygens (including phenoxy) is 1. The molecular formula is C21H18N4O2. The minimum Gasteiger partial charge on any atom is -0.497 e. The van der Waals surface area contributed by atoms with Crippen LogP contribution in [0.5, 0.6) is 5.75 Å². The van der Waals surface area contributed by atoms with Gasteiger partial charge in [0, 0.05) is 5.56 Å². The molecule has 6 heteroatoms. The molecule has 6 nitrogen and oxygen atoms in total. The van der Waals surface area contributed by atoms with Gasteiger partial charge in [0.15, 0.2) is 6.17 Å². The van der Waals surface area contributed by atoms with Crippen molar-refractivity contribution in [2.45, 2.75) is 6.17 Å². The fraction of sp³-hybridized carbons (Fsp3) is 0.0952. The predicted octanol–water partition coefficient (Wildman–Crippen LogP) is 3.42. The average Bonchev–Trinajstić information content (AvgIpc) is 3.16. The largest absolute Gasteiger partial charge is 0.497 e. The van der Waals surface area contributed by atoms with Crippen LogP contribution >= 0.6 is 0 Å². The highest BCUT2D eigenvalue weighted by Gasteiger charge is 2.20. The molecule has 3 aromatic carbocycles. The number of fused-ring (bicyclic) bond motifs is 1. The van der Waals surface area contributed by atoms with E-state index in [1.54, 1.807) is 36.1 Å². The third-order valence-electron chi connectivity index (χ3n) is 4.36. The van der Waals surface area contributed by atoms with Crippen LogP contribution in [0.2, 0.25) is 0 Å². The summed E-state index contributed by atoms with van der Waals surface area (Å²) in [4.78, 5) is 12.8. The number of methoxy groups -OCH3 is 1. The Morgan fingerprint density at radius 3 is 2.41 bits per heavy atom. The van der Waals surface area contributed by atoms with Crippen LogP contribution < -0.4 is 10.1 Å². The van der Waals surface area contributed by atoms with Crippen molar-refractivity contribution in [3.8, 4) is 5.75 Å². The van der Waals surface area contributed by atoms with Gasteiger partial charge in [0.25, 0.3) is 5.91 Å². The number of benzene rings is 3. The van der Waals surface area contributed by atoms with Gasteiger partial charge in [0.2, 0.25) is 0 Å². The number of amides is 1. The number of hydrogen-bond donors (Lipinski definition) is 1. The number of nitrogens with zero attached hydrogens (tertiary/aromatic N) is 3. The molecule has 0 aliphatic heterocycles. The van der Waals surface area contributed by atoms with Crippen LogP contribution in [0.3, 0.4) is 0 Å². The summed E-state index contributed by atoms with van der Waals surface area (Å²) < 4.78 is 6.88.